The molecule has 0 atom stereocenters. The molecule has 0 rings (SSSR count). The summed E-state index contributed by atoms with van der Waals surface area (Å²) in [4.78, 5) is 0. The van der Waals surface area contributed by atoms with Crippen LogP contribution < -0.4 is 0 Å². The topological polar surface area (TPSA) is 0 Å². The number of allylic oxidation sites excluding steroid dienone is 2. The number of hydrogen-bond donors (Lipinski definition) is 0. The summed E-state index contributed by atoms with van der Waals surface area (Å²) in [7, 11) is 0. The van der Waals surface area contributed by atoms with Crippen LogP contribution in [0.3, 0.4) is 0 Å². The Kier molecular flexibility index (Phi) is 7.26. The van der Waals surface area contributed by atoms with Gasteiger partial charge in [-0.1, -0.05) is 11.6 Å². The minimum Gasteiger partial charge on any atom is -0.165 e. The van der Waals surface area contributed by atoms with Gasteiger partial charge in [0.15, 0.2) is 0 Å². The summed E-state index contributed by atoms with van der Waals surface area (Å²) in [6.07, 6.45) is 8.47. The Bertz CT molecular complexity index is 90.9. The molecular weight excluding hydrogens is 140 g/mol. The largest absolute Gasteiger partial charge is 0.165 e. The Labute approximate surface area is 69.1 Å². The fraction of sp³-hybridized carbons (Fsp3) is 0.778. The van der Waals surface area contributed by atoms with Crippen LogP contribution in [0.5, 0.6) is 0 Å². The van der Waals surface area contributed by atoms with Gasteiger partial charge in [0.05, 0.1) is 0 Å². The van der Waals surface area contributed by atoms with Gasteiger partial charge < -0.3 is 0 Å². The molecule has 0 saturated carbocycles. The molecule has 0 aromatic rings. The molecule has 10 heavy (non-hydrogen) atoms. The molecule has 0 spiro atoms. The van der Waals surface area contributed by atoms with E-state index in [1.165, 1.54) is 30.6 Å². The fourth-order valence-electron chi connectivity index (χ4n) is 0.781. The van der Waals surface area contributed by atoms with Gasteiger partial charge in [0.25, 0.3) is 0 Å². The van der Waals surface area contributed by atoms with E-state index in [2.05, 4.69) is 26.2 Å². The fourth-order valence-corrected chi connectivity index (χ4v) is 1.27. The summed E-state index contributed by atoms with van der Waals surface area (Å²) in [5.41, 5.74) is 1.45. The second-order valence-corrected chi connectivity index (χ2v) is 3.76. The average molecular weight is 158 g/mol. The molecule has 0 aromatic heterocycles. The second kappa shape index (κ2) is 7.20. The number of hydrogen-bond acceptors (Lipinski definition) is 1. The molecule has 60 valence electrons. The van der Waals surface area contributed by atoms with Crippen molar-refractivity contribution in [3.05, 3.63) is 11.6 Å². The lowest BCUT2D eigenvalue weighted by molar-refractivity contribution is 0.819. The van der Waals surface area contributed by atoms with E-state index in [1.807, 2.05) is 11.8 Å². The molecule has 1 heteroatoms. The Balaban J connectivity index is 2.98. The van der Waals surface area contributed by atoms with Crippen molar-refractivity contribution >= 4 is 11.8 Å². The first-order chi connectivity index (χ1) is 4.77. The standard InChI is InChI=1S/C9H18S/c1-9(2)7-5-4-6-8-10-3/h7H,4-6,8H2,1-3H3. The van der Waals surface area contributed by atoms with E-state index < -0.39 is 0 Å². The molecule has 0 nitrogen and oxygen atoms in total. The number of thioether (sulfide) groups is 1. The van der Waals surface area contributed by atoms with Crippen molar-refractivity contribution < 1.29 is 0 Å². The van der Waals surface area contributed by atoms with Crippen molar-refractivity contribution in [3.63, 3.8) is 0 Å². The maximum atomic E-state index is 2.32. The zero-order chi connectivity index (χ0) is 7.82. The van der Waals surface area contributed by atoms with Crippen LogP contribution in [0.25, 0.3) is 0 Å². The van der Waals surface area contributed by atoms with Crippen LogP contribution in [-0.4, -0.2) is 12.0 Å². The van der Waals surface area contributed by atoms with Crippen LogP contribution in [0.2, 0.25) is 0 Å². The van der Waals surface area contributed by atoms with Gasteiger partial charge in [0, 0.05) is 0 Å². The van der Waals surface area contributed by atoms with E-state index in [9.17, 15) is 0 Å². The Morgan fingerprint density at radius 3 is 2.50 bits per heavy atom. The molecule has 0 aromatic carbocycles. The van der Waals surface area contributed by atoms with Crippen molar-refractivity contribution in [3.8, 4) is 0 Å². The van der Waals surface area contributed by atoms with Crippen molar-refractivity contribution in [2.75, 3.05) is 12.0 Å². The van der Waals surface area contributed by atoms with E-state index in [0.29, 0.717) is 0 Å². The Morgan fingerprint density at radius 1 is 1.30 bits per heavy atom. The third-order valence-electron chi connectivity index (χ3n) is 1.36. The second-order valence-electron chi connectivity index (χ2n) is 2.77. The van der Waals surface area contributed by atoms with Crippen molar-refractivity contribution in [2.45, 2.75) is 33.1 Å². The van der Waals surface area contributed by atoms with Crippen LogP contribution >= 0.6 is 11.8 Å². The van der Waals surface area contributed by atoms with Gasteiger partial charge in [0.1, 0.15) is 0 Å². The van der Waals surface area contributed by atoms with E-state index >= 15 is 0 Å². The molecule has 0 aliphatic rings. The SMILES string of the molecule is CSCCCCC=C(C)C. The summed E-state index contributed by atoms with van der Waals surface area (Å²) in [5, 5.41) is 0. The van der Waals surface area contributed by atoms with Crippen molar-refractivity contribution in [2.24, 2.45) is 0 Å². The molecule has 0 aliphatic heterocycles. The quantitative estimate of drug-likeness (QED) is 0.436. The van der Waals surface area contributed by atoms with Crippen LogP contribution in [-0.2, 0) is 0 Å². The molecule has 0 bridgehead atoms. The lowest BCUT2D eigenvalue weighted by Crippen LogP contribution is -1.77. The van der Waals surface area contributed by atoms with Gasteiger partial charge in [-0.3, -0.25) is 0 Å². The summed E-state index contributed by atoms with van der Waals surface area (Å²) in [6.45, 7) is 4.32. The minimum atomic E-state index is 1.27. The highest BCUT2D eigenvalue weighted by Gasteiger charge is 1.84. The average Bonchev–Trinajstić information content (AvgIpc) is 1.87. The van der Waals surface area contributed by atoms with Gasteiger partial charge in [0.2, 0.25) is 0 Å². The lowest BCUT2D eigenvalue weighted by atomic mass is 10.2. The molecule has 0 N–H and O–H groups in total. The third kappa shape index (κ3) is 8.09. The highest BCUT2D eigenvalue weighted by atomic mass is 32.2. The first-order valence-electron chi connectivity index (χ1n) is 3.89. The molecule has 0 unspecified atom stereocenters. The maximum Gasteiger partial charge on any atom is -0.00702 e. The van der Waals surface area contributed by atoms with E-state index in [4.69, 9.17) is 0 Å². The molecule has 0 heterocycles. The van der Waals surface area contributed by atoms with Crippen LogP contribution in [0.15, 0.2) is 11.6 Å². The summed E-state index contributed by atoms with van der Waals surface area (Å²) < 4.78 is 0. The highest BCUT2D eigenvalue weighted by molar-refractivity contribution is 7.98. The molecule has 0 fully saturated rings. The summed E-state index contributed by atoms with van der Waals surface area (Å²) in [6, 6.07) is 0. The van der Waals surface area contributed by atoms with Crippen LogP contribution in [0, 0.1) is 0 Å². The third-order valence-corrected chi connectivity index (χ3v) is 2.05. The van der Waals surface area contributed by atoms with Crippen LogP contribution in [0.4, 0.5) is 0 Å². The van der Waals surface area contributed by atoms with Gasteiger partial charge in [-0.2, -0.15) is 11.8 Å². The van der Waals surface area contributed by atoms with Gasteiger partial charge in [-0.05, 0) is 45.1 Å². The zero-order valence-corrected chi connectivity index (χ0v) is 8.13. The predicted molar refractivity (Wildman–Crippen MR) is 51.7 cm³/mol. The summed E-state index contributed by atoms with van der Waals surface area (Å²) in [5.74, 6) is 1.32. The van der Waals surface area contributed by atoms with Crippen LogP contribution in [0.1, 0.15) is 33.1 Å². The first kappa shape index (κ1) is 10.1. The Morgan fingerprint density at radius 2 is 2.00 bits per heavy atom. The van der Waals surface area contributed by atoms with E-state index in [1.54, 1.807) is 0 Å². The van der Waals surface area contributed by atoms with E-state index in [0.717, 1.165) is 0 Å². The number of unbranched alkanes of at least 4 members (excludes halogenated alkanes) is 2. The van der Waals surface area contributed by atoms with Gasteiger partial charge in [-0.15, -0.1) is 0 Å². The van der Waals surface area contributed by atoms with Crippen molar-refractivity contribution in [1.82, 2.24) is 0 Å². The van der Waals surface area contributed by atoms with Gasteiger partial charge >= 0.3 is 0 Å². The molecule has 0 saturated heterocycles. The zero-order valence-electron chi connectivity index (χ0n) is 7.31. The van der Waals surface area contributed by atoms with Gasteiger partial charge in [-0.25, -0.2) is 0 Å². The number of rotatable bonds is 5. The monoisotopic (exact) mass is 158 g/mol. The Hall–Kier alpha value is 0.0900. The maximum absolute atomic E-state index is 2.32. The molecule has 0 amide bonds. The lowest BCUT2D eigenvalue weighted by Gasteiger charge is -1.94. The predicted octanol–water partition coefficient (Wildman–Crippen LogP) is 3.49. The smallest absolute Gasteiger partial charge is 0.00702 e. The molecule has 0 radical (unpaired) electrons. The molecule has 0 aliphatic carbocycles. The first-order valence-corrected chi connectivity index (χ1v) is 5.29. The highest BCUT2D eigenvalue weighted by Crippen LogP contribution is 2.04. The minimum absolute atomic E-state index is 1.27. The normalized spacial score (nSPS) is 9.50. The summed E-state index contributed by atoms with van der Waals surface area (Å²) >= 11 is 1.94. The molecular formula is C9H18S. The van der Waals surface area contributed by atoms with E-state index in [-0.39, 0.29) is 0 Å². The van der Waals surface area contributed by atoms with Crippen molar-refractivity contribution in [1.29, 1.82) is 0 Å².